The summed E-state index contributed by atoms with van der Waals surface area (Å²) in [7, 11) is 0. The fraction of sp³-hybridized carbons (Fsp3) is 0.167. The first kappa shape index (κ1) is 10.7. The van der Waals surface area contributed by atoms with Gasteiger partial charge in [0, 0.05) is 31.1 Å². The van der Waals surface area contributed by atoms with Gasteiger partial charge in [-0.15, -0.1) is 0 Å². The Bertz CT molecular complexity index is 459. The Morgan fingerprint density at radius 3 is 2.69 bits per heavy atom. The van der Waals surface area contributed by atoms with Crippen LogP contribution in [-0.2, 0) is 0 Å². The van der Waals surface area contributed by atoms with Crippen molar-refractivity contribution in [3.8, 4) is 0 Å². The van der Waals surface area contributed by atoms with Crippen molar-refractivity contribution in [2.75, 3.05) is 6.54 Å². The minimum atomic E-state index is -0.261. The third kappa shape index (κ3) is 2.06. The van der Waals surface area contributed by atoms with Crippen LogP contribution in [0.5, 0.6) is 0 Å². The highest BCUT2D eigenvalue weighted by atomic mass is 19.1. The Morgan fingerprint density at radius 1 is 1.25 bits per heavy atom. The van der Waals surface area contributed by atoms with Crippen molar-refractivity contribution >= 4 is 0 Å². The second-order valence-corrected chi connectivity index (χ2v) is 3.44. The molecule has 1 aromatic carbocycles. The van der Waals surface area contributed by atoms with Gasteiger partial charge < -0.3 is 5.73 Å². The van der Waals surface area contributed by atoms with Crippen LogP contribution in [0.4, 0.5) is 4.39 Å². The number of hydrogen-bond acceptors (Lipinski definition) is 3. The molecule has 0 saturated carbocycles. The van der Waals surface area contributed by atoms with Gasteiger partial charge in [0.15, 0.2) is 0 Å². The molecule has 0 aliphatic rings. The second kappa shape index (κ2) is 4.81. The molecular formula is C12H12FN3. The standard InChI is InChI=1S/C12H12FN3/c13-11-4-2-1-3-9(11)10(7-14)12-8-15-5-6-16-12/h1-6,8,10H,7,14H2/t10-/m1/s1. The largest absolute Gasteiger partial charge is 0.329 e. The Labute approximate surface area is 93.2 Å². The van der Waals surface area contributed by atoms with Crippen molar-refractivity contribution in [1.82, 2.24) is 9.97 Å². The Morgan fingerprint density at radius 2 is 2.06 bits per heavy atom. The highest BCUT2D eigenvalue weighted by Crippen LogP contribution is 2.23. The van der Waals surface area contributed by atoms with E-state index in [0.29, 0.717) is 17.8 Å². The first-order chi connectivity index (χ1) is 7.83. The number of hydrogen-bond donors (Lipinski definition) is 1. The molecule has 0 radical (unpaired) electrons. The van der Waals surface area contributed by atoms with E-state index < -0.39 is 0 Å². The molecule has 2 rings (SSSR count). The zero-order valence-electron chi connectivity index (χ0n) is 8.68. The van der Waals surface area contributed by atoms with Crippen molar-refractivity contribution in [2.24, 2.45) is 5.73 Å². The second-order valence-electron chi connectivity index (χ2n) is 3.44. The smallest absolute Gasteiger partial charge is 0.127 e. The molecule has 1 heterocycles. The molecule has 1 aromatic heterocycles. The number of halogens is 1. The summed E-state index contributed by atoms with van der Waals surface area (Å²) < 4.78 is 13.6. The summed E-state index contributed by atoms with van der Waals surface area (Å²) in [5, 5.41) is 0. The normalized spacial score (nSPS) is 12.4. The molecule has 0 bridgehead atoms. The maximum absolute atomic E-state index is 13.6. The maximum Gasteiger partial charge on any atom is 0.127 e. The van der Waals surface area contributed by atoms with E-state index in [9.17, 15) is 4.39 Å². The van der Waals surface area contributed by atoms with Gasteiger partial charge in [0.2, 0.25) is 0 Å². The van der Waals surface area contributed by atoms with Crippen LogP contribution >= 0.6 is 0 Å². The number of benzene rings is 1. The molecule has 0 fully saturated rings. The molecule has 0 aliphatic heterocycles. The summed E-state index contributed by atoms with van der Waals surface area (Å²) in [6.45, 7) is 0.305. The Balaban J connectivity index is 2.41. The molecule has 0 unspecified atom stereocenters. The molecule has 4 heteroatoms. The van der Waals surface area contributed by atoms with Gasteiger partial charge in [0.1, 0.15) is 5.82 Å². The first-order valence-electron chi connectivity index (χ1n) is 5.03. The van der Waals surface area contributed by atoms with Gasteiger partial charge in [-0.05, 0) is 11.6 Å². The van der Waals surface area contributed by atoms with Crippen LogP contribution in [0.15, 0.2) is 42.9 Å². The van der Waals surface area contributed by atoms with Gasteiger partial charge in [-0.2, -0.15) is 0 Å². The molecule has 0 amide bonds. The molecule has 2 N–H and O–H groups in total. The van der Waals surface area contributed by atoms with Gasteiger partial charge in [0.05, 0.1) is 5.69 Å². The molecule has 16 heavy (non-hydrogen) atoms. The minimum Gasteiger partial charge on any atom is -0.329 e. The molecular weight excluding hydrogens is 205 g/mol. The number of aromatic nitrogens is 2. The summed E-state index contributed by atoms with van der Waals surface area (Å²) >= 11 is 0. The van der Waals surface area contributed by atoms with Gasteiger partial charge in [-0.1, -0.05) is 18.2 Å². The van der Waals surface area contributed by atoms with E-state index in [-0.39, 0.29) is 11.7 Å². The Hall–Kier alpha value is -1.81. The molecule has 82 valence electrons. The summed E-state index contributed by atoms with van der Waals surface area (Å²) in [5.74, 6) is -0.501. The first-order valence-corrected chi connectivity index (χ1v) is 5.03. The van der Waals surface area contributed by atoms with Crippen LogP contribution in [0.3, 0.4) is 0 Å². The van der Waals surface area contributed by atoms with E-state index in [1.807, 2.05) is 0 Å². The van der Waals surface area contributed by atoms with Crippen LogP contribution in [0.25, 0.3) is 0 Å². The lowest BCUT2D eigenvalue weighted by atomic mass is 9.95. The molecule has 3 nitrogen and oxygen atoms in total. The van der Waals surface area contributed by atoms with Crippen molar-refractivity contribution in [3.05, 3.63) is 59.9 Å². The SMILES string of the molecule is NC[C@@H](c1cnccn1)c1ccccc1F. The third-order valence-corrected chi connectivity index (χ3v) is 2.46. The molecule has 2 aromatic rings. The monoisotopic (exact) mass is 217 g/mol. The fourth-order valence-corrected chi connectivity index (χ4v) is 1.66. The summed E-state index contributed by atoms with van der Waals surface area (Å²) in [6.07, 6.45) is 4.78. The van der Waals surface area contributed by atoms with Gasteiger partial charge in [-0.3, -0.25) is 9.97 Å². The average Bonchev–Trinajstić information content (AvgIpc) is 2.34. The summed E-state index contributed by atoms with van der Waals surface area (Å²) in [5.41, 5.74) is 6.92. The van der Waals surface area contributed by atoms with Crippen molar-refractivity contribution in [2.45, 2.75) is 5.92 Å². The number of rotatable bonds is 3. The maximum atomic E-state index is 13.6. The lowest BCUT2D eigenvalue weighted by Crippen LogP contribution is -2.16. The lowest BCUT2D eigenvalue weighted by molar-refractivity contribution is 0.594. The van der Waals surface area contributed by atoms with Crippen molar-refractivity contribution in [1.29, 1.82) is 0 Å². The predicted octanol–water partition coefficient (Wildman–Crippen LogP) is 1.71. The zero-order chi connectivity index (χ0) is 11.4. The fourth-order valence-electron chi connectivity index (χ4n) is 1.66. The van der Waals surface area contributed by atoms with Crippen LogP contribution in [0.2, 0.25) is 0 Å². The van der Waals surface area contributed by atoms with E-state index in [0.717, 1.165) is 0 Å². The topological polar surface area (TPSA) is 51.8 Å². The van der Waals surface area contributed by atoms with E-state index in [1.165, 1.54) is 6.07 Å². The van der Waals surface area contributed by atoms with Crippen LogP contribution in [0.1, 0.15) is 17.2 Å². The molecule has 0 aliphatic carbocycles. The van der Waals surface area contributed by atoms with E-state index >= 15 is 0 Å². The average molecular weight is 217 g/mol. The number of nitrogens with two attached hydrogens (primary N) is 1. The van der Waals surface area contributed by atoms with Gasteiger partial charge in [-0.25, -0.2) is 4.39 Å². The van der Waals surface area contributed by atoms with E-state index in [2.05, 4.69) is 9.97 Å². The summed E-state index contributed by atoms with van der Waals surface area (Å²) in [4.78, 5) is 8.13. The highest BCUT2D eigenvalue weighted by molar-refractivity contribution is 5.29. The third-order valence-electron chi connectivity index (χ3n) is 2.46. The highest BCUT2D eigenvalue weighted by Gasteiger charge is 2.17. The molecule has 0 saturated heterocycles. The number of nitrogens with zero attached hydrogens (tertiary/aromatic N) is 2. The van der Waals surface area contributed by atoms with E-state index in [4.69, 9.17) is 5.73 Å². The minimum absolute atomic E-state index is 0.241. The zero-order valence-corrected chi connectivity index (χ0v) is 8.68. The predicted molar refractivity (Wildman–Crippen MR) is 59.3 cm³/mol. The molecule has 1 atom stereocenters. The van der Waals surface area contributed by atoms with Gasteiger partial charge in [0.25, 0.3) is 0 Å². The van der Waals surface area contributed by atoms with Crippen LogP contribution in [-0.4, -0.2) is 16.5 Å². The van der Waals surface area contributed by atoms with E-state index in [1.54, 1.807) is 36.8 Å². The van der Waals surface area contributed by atoms with Crippen LogP contribution < -0.4 is 5.73 Å². The van der Waals surface area contributed by atoms with Crippen molar-refractivity contribution < 1.29 is 4.39 Å². The van der Waals surface area contributed by atoms with Gasteiger partial charge >= 0.3 is 0 Å². The molecule has 0 spiro atoms. The quantitative estimate of drug-likeness (QED) is 0.851. The summed E-state index contributed by atoms with van der Waals surface area (Å²) in [6, 6.07) is 6.59. The van der Waals surface area contributed by atoms with Crippen molar-refractivity contribution in [3.63, 3.8) is 0 Å². The van der Waals surface area contributed by atoms with Crippen LogP contribution in [0, 0.1) is 5.82 Å². The lowest BCUT2D eigenvalue weighted by Gasteiger charge is -2.14. The Kier molecular flexibility index (Phi) is 3.22.